The molecule has 1 aromatic heterocycles. The molecule has 2 heterocycles. The van der Waals surface area contributed by atoms with Crippen LogP contribution in [0.25, 0.3) is 10.6 Å². The third-order valence-corrected chi connectivity index (χ3v) is 6.19. The lowest BCUT2D eigenvalue weighted by molar-refractivity contribution is 0.0632. The Morgan fingerprint density at radius 2 is 1.71 bits per heavy atom. The summed E-state index contributed by atoms with van der Waals surface area (Å²) in [6.45, 7) is 5.94. The molecule has 3 aromatic rings. The fourth-order valence-corrected chi connectivity index (χ4v) is 4.44. The number of hydrogen-bond donors (Lipinski definition) is 0. The number of carbonyl (C=O) groups is 1. The maximum absolute atomic E-state index is 13.1. The van der Waals surface area contributed by atoms with Gasteiger partial charge in [0.15, 0.2) is 0 Å². The van der Waals surface area contributed by atoms with E-state index in [-0.39, 0.29) is 11.7 Å². The molecule has 28 heavy (non-hydrogen) atoms. The number of hydrogen-bond acceptors (Lipinski definition) is 4. The average Bonchev–Trinajstić information content (AvgIpc) is 3.11. The highest BCUT2D eigenvalue weighted by molar-refractivity contribution is 7.17. The van der Waals surface area contributed by atoms with Gasteiger partial charge in [0, 0.05) is 38.3 Å². The molecule has 0 N–H and O–H groups in total. The van der Waals surface area contributed by atoms with Crippen molar-refractivity contribution >= 4 is 17.2 Å². The van der Waals surface area contributed by atoms with Crippen molar-refractivity contribution < 1.29 is 9.18 Å². The maximum Gasteiger partial charge on any atom is 0.265 e. The summed E-state index contributed by atoms with van der Waals surface area (Å²) in [5.74, 6) is -0.232. The summed E-state index contributed by atoms with van der Waals surface area (Å²) in [4.78, 5) is 22.5. The van der Waals surface area contributed by atoms with Crippen LogP contribution < -0.4 is 0 Å². The van der Waals surface area contributed by atoms with Crippen molar-refractivity contribution in [1.29, 1.82) is 0 Å². The number of carbonyl (C=O) groups excluding carboxylic acids is 1. The van der Waals surface area contributed by atoms with Crippen LogP contribution in [-0.2, 0) is 6.54 Å². The lowest BCUT2D eigenvalue weighted by Gasteiger charge is -2.34. The Balaban J connectivity index is 1.41. The number of rotatable bonds is 4. The van der Waals surface area contributed by atoms with E-state index in [0.29, 0.717) is 4.88 Å². The van der Waals surface area contributed by atoms with Crippen LogP contribution in [0.4, 0.5) is 4.39 Å². The zero-order valence-electron chi connectivity index (χ0n) is 15.8. The van der Waals surface area contributed by atoms with Gasteiger partial charge in [0.2, 0.25) is 0 Å². The second kappa shape index (κ2) is 8.20. The molecule has 0 atom stereocenters. The molecule has 1 aliphatic heterocycles. The van der Waals surface area contributed by atoms with E-state index in [9.17, 15) is 9.18 Å². The van der Waals surface area contributed by atoms with Gasteiger partial charge in [-0.1, -0.05) is 30.3 Å². The molecule has 1 fully saturated rings. The fourth-order valence-electron chi connectivity index (χ4n) is 3.41. The third kappa shape index (κ3) is 4.13. The van der Waals surface area contributed by atoms with Crippen LogP contribution >= 0.6 is 11.3 Å². The minimum atomic E-state index is -0.276. The molecular formula is C22H22FN3OS. The van der Waals surface area contributed by atoms with Crippen molar-refractivity contribution in [3.63, 3.8) is 0 Å². The molecule has 0 spiro atoms. The van der Waals surface area contributed by atoms with Crippen molar-refractivity contribution in [2.75, 3.05) is 26.2 Å². The number of aromatic nitrogens is 1. The van der Waals surface area contributed by atoms with E-state index in [1.54, 1.807) is 12.1 Å². The summed E-state index contributed by atoms with van der Waals surface area (Å²) >= 11 is 1.39. The summed E-state index contributed by atoms with van der Waals surface area (Å²) in [6, 6.07) is 16.6. The standard InChI is InChI=1S/C22H22FN3OS/c1-16-20(28-21(24-16)18-7-9-19(23)10-8-18)22(27)26-13-11-25(12-14-26)15-17-5-3-2-4-6-17/h2-10H,11-15H2,1H3. The first kappa shape index (κ1) is 18.8. The highest BCUT2D eigenvalue weighted by Crippen LogP contribution is 2.29. The van der Waals surface area contributed by atoms with E-state index in [0.717, 1.165) is 49.0 Å². The van der Waals surface area contributed by atoms with Gasteiger partial charge in [-0.15, -0.1) is 11.3 Å². The molecular weight excluding hydrogens is 373 g/mol. The Kier molecular flexibility index (Phi) is 5.50. The SMILES string of the molecule is Cc1nc(-c2ccc(F)cc2)sc1C(=O)N1CCN(Cc2ccccc2)CC1. The van der Waals surface area contributed by atoms with Crippen molar-refractivity contribution in [3.8, 4) is 10.6 Å². The molecule has 2 aromatic carbocycles. The Morgan fingerprint density at radius 1 is 1.04 bits per heavy atom. The average molecular weight is 396 g/mol. The summed E-state index contributed by atoms with van der Waals surface area (Å²) in [5.41, 5.74) is 2.87. The molecule has 1 amide bonds. The van der Waals surface area contributed by atoms with Crippen LogP contribution in [-0.4, -0.2) is 46.9 Å². The molecule has 0 saturated carbocycles. The molecule has 0 radical (unpaired) electrons. The smallest absolute Gasteiger partial charge is 0.265 e. The molecule has 0 bridgehead atoms. The lowest BCUT2D eigenvalue weighted by Crippen LogP contribution is -2.48. The number of aryl methyl sites for hydroxylation is 1. The first-order chi connectivity index (χ1) is 13.6. The van der Waals surface area contributed by atoms with Crippen LogP contribution in [0.1, 0.15) is 20.9 Å². The predicted molar refractivity (Wildman–Crippen MR) is 110 cm³/mol. The zero-order valence-corrected chi connectivity index (χ0v) is 16.6. The van der Waals surface area contributed by atoms with Gasteiger partial charge in [0.1, 0.15) is 15.7 Å². The Morgan fingerprint density at radius 3 is 2.39 bits per heavy atom. The molecule has 0 aliphatic carbocycles. The van der Waals surface area contributed by atoms with Crippen LogP contribution in [0.15, 0.2) is 54.6 Å². The highest BCUT2D eigenvalue weighted by Gasteiger charge is 2.25. The minimum Gasteiger partial charge on any atom is -0.335 e. The van der Waals surface area contributed by atoms with Gasteiger partial charge < -0.3 is 4.90 Å². The number of piperazine rings is 1. The van der Waals surface area contributed by atoms with Gasteiger partial charge in [-0.05, 0) is 36.8 Å². The molecule has 4 rings (SSSR count). The van der Waals surface area contributed by atoms with Gasteiger partial charge in [0.05, 0.1) is 5.69 Å². The Hall–Kier alpha value is -2.57. The van der Waals surface area contributed by atoms with E-state index < -0.39 is 0 Å². The normalized spacial score (nSPS) is 15.0. The molecule has 1 saturated heterocycles. The number of nitrogens with zero attached hydrogens (tertiary/aromatic N) is 3. The van der Waals surface area contributed by atoms with E-state index >= 15 is 0 Å². The van der Waals surface area contributed by atoms with Gasteiger partial charge in [0.25, 0.3) is 5.91 Å². The van der Waals surface area contributed by atoms with E-state index in [1.165, 1.54) is 29.0 Å². The first-order valence-electron chi connectivity index (χ1n) is 9.39. The molecule has 144 valence electrons. The maximum atomic E-state index is 13.1. The highest BCUT2D eigenvalue weighted by atomic mass is 32.1. The van der Waals surface area contributed by atoms with Gasteiger partial charge in [-0.25, -0.2) is 9.37 Å². The second-order valence-electron chi connectivity index (χ2n) is 6.99. The molecule has 0 unspecified atom stereocenters. The molecule has 4 nitrogen and oxygen atoms in total. The molecule has 1 aliphatic rings. The van der Waals surface area contributed by atoms with Crippen LogP contribution in [0.5, 0.6) is 0 Å². The van der Waals surface area contributed by atoms with Crippen molar-refractivity contribution in [2.45, 2.75) is 13.5 Å². The summed E-state index contributed by atoms with van der Waals surface area (Å²) in [6.07, 6.45) is 0. The topological polar surface area (TPSA) is 36.4 Å². The van der Waals surface area contributed by atoms with Crippen molar-refractivity contribution in [3.05, 3.63) is 76.5 Å². The second-order valence-corrected chi connectivity index (χ2v) is 7.99. The van der Waals surface area contributed by atoms with Gasteiger partial charge in [-0.2, -0.15) is 0 Å². The fraction of sp³-hybridized carbons (Fsp3) is 0.273. The Labute approximate surface area is 168 Å². The largest absolute Gasteiger partial charge is 0.335 e. The quantitative estimate of drug-likeness (QED) is 0.664. The number of thiazole rings is 1. The van der Waals surface area contributed by atoms with Gasteiger partial charge in [-0.3, -0.25) is 9.69 Å². The number of benzene rings is 2. The number of amides is 1. The van der Waals surface area contributed by atoms with Crippen LogP contribution in [0, 0.1) is 12.7 Å². The van der Waals surface area contributed by atoms with Gasteiger partial charge >= 0.3 is 0 Å². The van der Waals surface area contributed by atoms with Crippen molar-refractivity contribution in [2.24, 2.45) is 0 Å². The van der Waals surface area contributed by atoms with Crippen LogP contribution in [0.3, 0.4) is 0 Å². The molecule has 6 heteroatoms. The minimum absolute atomic E-state index is 0.0442. The predicted octanol–water partition coefficient (Wildman–Crippen LogP) is 4.22. The Bertz CT molecular complexity index is 948. The summed E-state index contributed by atoms with van der Waals surface area (Å²) in [5, 5.41) is 0.753. The zero-order chi connectivity index (χ0) is 19.5. The monoisotopic (exact) mass is 395 g/mol. The summed E-state index contributed by atoms with van der Waals surface area (Å²) in [7, 11) is 0. The summed E-state index contributed by atoms with van der Waals surface area (Å²) < 4.78 is 13.1. The van der Waals surface area contributed by atoms with E-state index in [4.69, 9.17) is 0 Å². The number of halogens is 1. The van der Waals surface area contributed by atoms with E-state index in [1.807, 2.05) is 17.9 Å². The van der Waals surface area contributed by atoms with Crippen LogP contribution in [0.2, 0.25) is 0 Å². The van der Waals surface area contributed by atoms with E-state index in [2.05, 4.69) is 34.1 Å². The first-order valence-corrected chi connectivity index (χ1v) is 10.2. The lowest BCUT2D eigenvalue weighted by atomic mass is 10.2. The third-order valence-electron chi connectivity index (χ3n) is 4.99. The van der Waals surface area contributed by atoms with Crippen molar-refractivity contribution in [1.82, 2.24) is 14.8 Å².